The minimum Gasteiger partial charge on any atom is -0.0533 e. The first kappa shape index (κ1) is 10.1. The van der Waals surface area contributed by atoms with Crippen LogP contribution < -0.4 is 0 Å². The molecule has 51 valence electrons. The van der Waals surface area contributed by atoms with Crippen molar-refractivity contribution in [3.05, 3.63) is 0 Å². The molecule has 0 aromatic carbocycles. The zero-order chi connectivity index (χ0) is 5.66. The summed E-state index contributed by atoms with van der Waals surface area (Å²) in [4.78, 5) is 0. The smallest absolute Gasteiger partial charge is 0 e. The maximum Gasteiger partial charge on any atom is 0 e. The van der Waals surface area contributed by atoms with Gasteiger partial charge >= 0.3 is 0 Å². The van der Waals surface area contributed by atoms with Gasteiger partial charge in [-0.2, -0.15) is 0 Å². The fraction of sp³-hybridized carbons (Fsp3) is 1.00. The second-order valence-corrected chi connectivity index (χ2v) is 2.83. The van der Waals surface area contributed by atoms with Crippen LogP contribution in [0.5, 0.6) is 0 Å². The van der Waals surface area contributed by atoms with E-state index in [2.05, 4.69) is 0 Å². The number of rotatable bonds is 0. The van der Waals surface area contributed by atoms with Gasteiger partial charge in [-0.1, -0.05) is 51.4 Å². The first-order chi connectivity index (χ1) is 4.00. The predicted octanol–water partition coefficient (Wildman–Crippen LogP) is 3.12. The molecule has 0 atom stereocenters. The molecule has 0 heterocycles. The Hall–Kier alpha value is 1.10. The molecule has 2 aliphatic carbocycles. The fourth-order valence-corrected chi connectivity index (χ4v) is 0.500. The monoisotopic (exact) mass is 201 g/mol. The SMILES string of the molecule is C1CCC1.C1CCC1.[Y]. The average Bonchev–Trinajstić information content (AvgIpc) is 1.12. The van der Waals surface area contributed by atoms with Crippen LogP contribution in [0.1, 0.15) is 51.4 Å². The standard InChI is InChI=1S/2C4H8.Y/c2*1-2-4-3-1;/h2*1-4H2;. The summed E-state index contributed by atoms with van der Waals surface area (Å²) in [6.45, 7) is 0. The summed E-state index contributed by atoms with van der Waals surface area (Å²) in [6.07, 6.45) is 12.0. The molecule has 0 aromatic rings. The van der Waals surface area contributed by atoms with Crippen molar-refractivity contribution >= 4 is 0 Å². The van der Waals surface area contributed by atoms with Crippen LogP contribution in [0.2, 0.25) is 0 Å². The van der Waals surface area contributed by atoms with Gasteiger partial charge in [0.1, 0.15) is 0 Å². The Balaban J connectivity index is 0.000000128. The fourth-order valence-electron chi connectivity index (χ4n) is 0.500. The van der Waals surface area contributed by atoms with Crippen molar-refractivity contribution in [2.24, 2.45) is 0 Å². The van der Waals surface area contributed by atoms with Gasteiger partial charge < -0.3 is 0 Å². The molecule has 0 unspecified atom stereocenters. The molecule has 0 N–H and O–H groups in total. The second kappa shape index (κ2) is 7.21. The first-order valence-corrected chi connectivity index (χ1v) is 4.00. The van der Waals surface area contributed by atoms with Crippen molar-refractivity contribution in [3.8, 4) is 0 Å². The van der Waals surface area contributed by atoms with Gasteiger partial charge in [-0.25, -0.2) is 0 Å². The van der Waals surface area contributed by atoms with Crippen LogP contribution in [0.3, 0.4) is 0 Å². The summed E-state index contributed by atoms with van der Waals surface area (Å²) in [5.41, 5.74) is 0. The van der Waals surface area contributed by atoms with Crippen LogP contribution in [0.15, 0.2) is 0 Å². The van der Waals surface area contributed by atoms with E-state index in [0.29, 0.717) is 0 Å². The molecule has 2 saturated carbocycles. The average molecular weight is 201 g/mol. The van der Waals surface area contributed by atoms with Crippen LogP contribution in [-0.2, 0) is 32.7 Å². The largest absolute Gasteiger partial charge is 0.0533 e. The normalized spacial score (nSPS) is 21.3. The molecule has 2 rings (SSSR count). The summed E-state index contributed by atoms with van der Waals surface area (Å²) in [5, 5.41) is 0. The Bertz CT molecular complexity index is 28.5. The molecule has 0 bridgehead atoms. The molecule has 1 radical (unpaired) electrons. The second-order valence-electron chi connectivity index (χ2n) is 2.83. The molecule has 2 fully saturated rings. The maximum atomic E-state index is 1.50. The summed E-state index contributed by atoms with van der Waals surface area (Å²) < 4.78 is 0. The summed E-state index contributed by atoms with van der Waals surface area (Å²) in [6, 6.07) is 0. The van der Waals surface area contributed by atoms with E-state index in [1.807, 2.05) is 0 Å². The molecule has 1 heteroatoms. The van der Waals surface area contributed by atoms with E-state index in [1.54, 1.807) is 0 Å². The van der Waals surface area contributed by atoms with E-state index in [9.17, 15) is 0 Å². The van der Waals surface area contributed by atoms with E-state index in [0.717, 1.165) is 0 Å². The van der Waals surface area contributed by atoms with E-state index in [1.165, 1.54) is 51.4 Å². The summed E-state index contributed by atoms with van der Waals surface area (Å²) in [7, 11) is 0. The first-order valence-electron chi connectivity index (χ1n) is 4.00. The minimum absolute atomic E-state index is 0. The van der Waals surface area contributed by atoms with E-state index in [4.69, 9.17) is 0 Å². The molecule has 0 aromatic heterocycles. The summed E-state index contributed by atoms with van der Waals surface area (Å²) >= 11 is 0. The van der Waals surface area contributed by atoms with Crippen molar-refractivity contribution in [1.29, 1.82) is 0 Å². The summed E-state index contributed by atoms with van der Waals surface area (Å²) in [5.74, 6) is 0. The van der Waals surface area contributed by atoms with Crippen molar-refractivity contribution < 1.29 is 32.7 Å². The topological polar surface area (TPSA) is 0 Å². The Labute approximate surface area is 83.7 Å². The van der Waals surface area contributed by atoms with Gasteiger partial charge in [-0.15, -0.1) is 0 Å². The zero-order valence-electron chi connectivity index (χ0n) is 6.23. The Morgan fingerprint density at radius 2 is 0.444 bits per heavy atom. The van der Waals surface area contributed by atoms with E-state index in [-0.39, 0.29) is 32.7 Å². The molecule has 0 saturated heterocycles. The molecule has 0 nitrogen and oxygen atoms in total. The Morgan fingerprint density at radius 1 is 0.333 bits per heavy atom. The van der Waals surface area contributed by atoms with Crippen molar-refractivity contribution in [3.63, 3.8) is 0 Å². The quantitative estimate of drug-likeness (QED) is 0.564. The Kier molecular flexibility index (Phi) is 8.10. The zero-order valence-corrected chi connectivity index (χ0v) is 9.07. The van der Waals surface area contributed by atoms with Crippen LogP contribution in [0.25, 0.3) is 0 Å². The van der Waals surface area contributed by atoms with E-state index < -0.39 is 0 Å². The molecule has 2 aliphatic rings. The molecule has 0 aliphatic heterocycles. The van der Waals surface area contributed by atoms with Crippen molar-refractivity contribution in [2.45, 2.75) is 51.4 Å². The van der Waals surface area contributed by atoms with Gasteiger partial charge in [0, 0.05) is 32.7 Å². The van der Waals surface area contributed by atoms with Crippen LogP contribution in [0, 0.1) is 0 Å². The van der Waals surface area contributed by atoms with Crippen LogP contribution in [0.4, 0.5) is 0 Å². The maximum absolute atomic E-state index is 1.50. The molecular weight excluding hydrogens is 185 g/mol. The third-order valence-electron chi connectivity index (χ3n) is 2.00. The Morgan fingerprint density at radius 3 is 0.444 bits per heavy atom. The van der Waals surface area contributed by atoms with Crippen molar-refractivity contribution in [2.75, 3.05) is 0 Å². The van der Waals surface area contributed by atoms with Gasteiger partial charge in [0.15, 0.2) is 0 Å². The number of hydrogen-bond donors (Lipinski definition) is 0. The number of hydrogen-bond acceptors (Lipinski definition) is 0. The van der Waals surface area contributed by atoms with Gasteiger partial charge in [0.05, 0.1) is 0 Å². The molecular formula is C8H16Y. The van der Waals surface area contributed by atoms with Gasteiger partial charge in [0.2, 0.25) is 0 Å². The third-order valence-corrected chi connectivity index (χ3v) is 2.00. The van der Waals surface area contributed by atoms with Crippen LogP contribution in [-0.4, -0.2) is 0 Å². The molecule has 0 spiro atoms. The van der Waals surface area contributed by atoms with Crippen molar-refractivity contribution in [1.82, 2.24) is 0 Å². The van der Waals surface area contributed by atoms with Gasteiger partial charge in [-0.3, -0.25) is 0 Å². The molecule has 0 amide bonds. The van der Waals surface area contributed by atoms with Gasteiger partial charge in [-0.05, 0) is 0 Å². The predicted molar refractivity (Wildman–Crippen MR) is 36.9 cm³/mol. The third kappa shape index (κ3) is 5.54. The minimum atomic E-state index is 0. The van der Waals surface area contributed by atoms with E-state index >= 15 is 0 Å². The molecule has 9 heavy (non-hydrogen) atoms. The van der Waals surface area contributed by atoms with Gasteiger partial charge in [0.25, 0.3) is 0 Å². The van der Waals surface area contributed by atoms with Crippen LogP contribution >= 0.6 is 0 Å².